The van der Waals surface area contributed by atoms with Crippen LogP contribution in [0, 0.1) is 17.2 Å². The number of likely N-dealkylation sites (N-methyl/N-ethyl adjacent to an activating group) is 2. The van der Waals surface area contributed by atoms with E-state index in [-0.39, 0.29) is 35.8 Å². The zero-order valence-corrected chi connectivity index (χ0v) is 27.9. The molecule has 12 nitrogen and oxygen atoms in total. The number of anilines is 1. The smallest absolute Gasteiger partial charge is 0.381 e. The van der Waals surface area contributed by atoms with Crippen molar-refractivity contribution in [3.8, 4) is 6.07 Å². The Labute approximate surface area is 283 Å². The van der Waals surface area contributed by atoms with Crippen molar-refractivity contribution >= 4 is 23.5 Å². The van der Waals surface area contributed by atoms with Gasteiger partial charge in [-0.05, 0) is 70.2 Å². The molecule has 1 saturated carbocycles. The maximum atomic E-state index is 14.4. The highest BCUT2D eigenvalue weighted by molar-refractivity contribution is 6.07. The number of nitrogens with one attached hydrogen (secondary N) is 1. The summed E-state index contributed by atoms with van der Waals surface area (Å²) in [6.07, 6.45) is -1.54. The number of amides is 3. The van der Waals surface area contributed by atoms with Crippen LogP contribution >= 0.6 is 0 Å². The largest absolute Gasteiger partial charge is 0.416 e. The number of ether oxygens (including phenoxy) is 2. The van der Waals surface area contributed by atoms with Crippen LogP contribution in [0.1, 0.15) is 83.0 Å². The molecule has 15 heteroatoms. The van der Waals surface area contributed by atoms with Gasteiger partial charge in [-0.3, -0.25) is 24.2 Å². The zero-order chi connectivity index (χ0) is 35.0. The highest BCUT2D eigenvalue weighted by Crippen LogP contribution is 2.52. The van der Waals surface area contributed by atoms with Crippen molar-refractivity contribution in [2.45, 2.75) is 75.3 Å². The van der Waals surface area contributed by atoms with Crippen molar-refractivity contribution in [3.63, 3.8) is 0 Å². The van der Waals surface area contributed by atoms with E-state index in [0.29, 0.717) is 63.6 Å². The predicted molar refractivity (Wildman–Crippen MR) is 171 cm³/mol. The summed E-state index contributed by atoms with van der Waals surface area (Å²) in [7, 11) is 3.53. The highest BCUT2D eigenvalue weighted by atomic mass is 19.4. The van der Waals surface area contributed by atoms with Gasteiger partial charge < -0.3 is 19.7 Å². The Morgan fingerprint density at radius 3 is 2.45 bits per heavy atom. The van der Waals surface area contributed by atoms with Crippen LogP contribution in [0.5, 0.6) is 0 Å². The summed E-state index contributed by atoms with van der Waals surface area (Å²) >= 11 is 0. The molecule has 3 amide bonds. The van der Waals surface area contributed by atoms with E-state index in [9.17, 15) is 32.8 Å². The van der Waals surface area contributed by atoms with Crippen LogP contribution in [0.15, 0.2) is 24.3 Å². The van der Waals surface area contributed by atoms with Gasteiger partial charge in [0, 0.05) is 50.4 Å². The molecule has 3 atom stereocenters. The molecule has 3 aliphatic heterocycles. The molecule has 1 aromatic heterocycles. The van der Waals surface area contributed by atoms with E-state index in [2.05, 4.69) is 16.3 Å². The summed E-state index contributed by atoms with van der Waals surface area (Å²) in [4.78, 5) is 47.3. The van der Waals surface area contributed by atoms with E-state index < -0.39 is 47.5 Å². The van der Waals surface area contributed by atoms with Crippen molar-refractivity contribution in [3.05, 3.63) is 46.6 Å². The predicted octanol–water partition coefficient (Wildman–Crippen LogP) is 3.60. The van der Waals surface area contributed by atoms with Crippen LogP contribution in [-0.4, -0.2) is 109 Å². The Morgan fingerprint density at radius 2 is 1.86 bits per heavy atom. The van der Waals surface area contributed by atoms with E-state index in [1.54, 1.807) is 18.7 Å². The van der Waals surface area contributed by atoms with Gasteiger partial charge in [0.1, 0.15) is 17.9 Å². The van der Waals surface area contributed by atoms with Gasteiger partial charge in [0.2, 0.25) is 0 Å². The number of halogens is 3. The van der Waals surface area contributed by atoms with Crippen molar-refractivity contribution in [1.82, 2.24) is 24.9 Å². The molecule has 2 aromatic rings. The van der Waals surface area contributed by atoms with Gasteiger partial charge in [0.15, 0.2) is 5.69 Å². The third-order valence-electron chi connectivity index (χ3n) is 10.3. The fraction of sp³-hybridized carbons (Fsp3) is 0.618. The number of fused-ring (bicyclic) bond motifs is 1. The molecule has 1 N–H and O–H groups in total. The Hall–Kier alpha value is -4.00. The Balaban J connectivity index is 1.38. The second-order valence-corrected chi connectivity index (χ2v) is 13.4. The first-order chi connectivity index (χ1) is 23.4. The van der Waals surface area contributed by atoms with Crippen LogP contribution in [0.4, 0.5) is 19.0 Å². The molecule has 0 spiro atoms. The van der Waals surface area contributed by atoms with Crippen LogP contribution in [0.3, 0.4) is 0 Å². The molecule has 1 aromatic carbocycles. The Bertz CT molecular complexity index is 1610. The third kappa shape index (κ3) is 6.91. The van der Waals surface area contributed by atoms with Gasteiger partial charge in [-0.15, -0.1) is 0 Å². The SMILES string of the molecule is CCN1C(=O)[C@@H](NC(=O)c2cccc(C(F)(F)F)c2)[C@@H](C2CC2)c2c(C(=O)N(C)[C@@H](C#N)CCN(C)C3COC3)nn(C3CCOCC3)c21. The van der Waals surface area contributed by atoms with E-state index in [1.165, 1.54) is 15.9 Å². The number of benzene rings is 1. The monoisotopic (exact) mass is 685 g/mol. The van der Waals surface area contributed by atoms with Crippen LogP contribution in [-0.2, 0) is 20.4 Å². The van der Waals surface area contributed by atoms with E-state index in [0.717, 1.165) is 31.0 Å². The number of nitriles is 1. The average molecular weight is 686 g/mol. The number of carbonyl (C=O) groups excluding carboxylic acids is 3. The summed E-state index contributed by atoms with van der Waals surface area (Å²) in [5.74, 6) is -1.92. The van der Waals surface area contributed by atoms with Gasteiger partial charge in [-0.1, -0.05) is 6.07 Å². The molecule has 2 saturated heterocycles. The number of hydrogen-bond acceptors (Lipinski definition) is 8. The van der Waals surface area contributed by atoms with Crippen LogP contribution in [0.2, 0.25) is 0 Å². The molecule has 264 valence electrons. The first-order valence-corrected chi connectivity index (χ1v) is 16.9. The first-order valence-electron chi connectivity index (χ1n) is 16.9. The van der Waals surface area contributed by atoms with E-state index in [4.69, 9.17) is 14.6 Å². The van der Waals surface area contributed by atoms with Gasteiger partial charge in [0.25, 0.3) is 17.7 Å². The molecular formula is C34H42F3N7O5. The molecule has 49 heavy (non-hydrogen) atoms. The van der Waals surface area contributed by atoms with Gasteiger partial charge in [-0.2, -0.15) is 23.5 Å². The third-order valence-corrected chi connectivity index (χ3v) is 10.3. The summed E-state index contributed by atoms with van der Waals surface area (Å²) in [5.41, 5.74) is -0.553. The minimum atomic E-state index is -4.65. The lowest BCUT2D eigenvalue weighted by Crippen LogP contribution is -2.56. The standard InChI is InChI=1S/C34H42F3N7O5/c1-4-43-31-27(26(20-8-9-20)28(33(43)47)39-30(45)21-6-5-7-22(16-21)34(35,36)37)29(40-44(31)23-11-14-48-15-12-23)32(46)42(3)24(17-38)10-13-41(2)25-18-49-19-25/h5-7,16,20,23-26,28H,4,8-15,18-19H2,1-3H3,(H,39,45)/t24-,26+,28+/m1/s1. The molecule has 4 aliphatic rings. The first kappa shape index (κ1) is 34.8. The highest BCUT2D eigenvalue weighted by Gasteiger charge is 2.52. The normalized spacial score (nSPS) is 22.3. The molecule has 0 unspecified atom stereocenters. The molecule has 0 bridgehead atoms. The average Bonchev–Trinajstić information content (AvgIpc) is 3.83. The Morgan fingerprint density at radius 1 is 1.14 bits per heavy atom. The van der Waals surface area contributed by atoms with E-state index in [1.807, 2.05) is 7.05 Å². The molecule has 6 rings (SSSR count). The number of hydrogen-bond donors (Lipinski definition) is 1. The fourth-order valence-electron chi connectivity index (χ4n) is 7.07. The lowest BCUT2D eigenvalue weighted by Gasteiger charge is -2.39. The molecule has 3 fully saturated rings. The van der Waals surface area contributed by atoms with Crippen LogP contribution < -0.4 is 10.2 Å². The van der Waals surface area contributed by atoms with Crippen molar-refractivity contribution < 1.29 is 37.0 Å². The number of aromatic nitrogens is 2. The van der Waals surface area contributed by atoms with Gasteiger partial charge >= 0.3 is 6.18 Å². The lowest BCUT2D eigenvalue weighted by atomic mass is 9.82. The number of carbonyl (C=O) groups is 3. The molecule has 4 heterocycles. The topological polar surface area (TPSA) is 133 Å². The molecule has 1 aliphatic carbocycles. The molecule has 0 radical (unpaired) electrons. The quantitative estimate of drug-likeness (QED) is 0.380. The maximum absolute atomic E-state index is 14.4. The van der Waals surface area contributed by atoms with Gasteiger partial charge in [-0.25, -0.2) is 4.68 Å². The minimum Gasteiger partial charge on any atom is -0.381 e. The van der Waals surface area contributed by atoms with Crippen molar-refractivity contribution in [1.29, 1.82) is 5.26 Å². The van der Waals surface area contributed by atoms with Crippen molar-refractivity contribution in [2.24, 2.45) is 5.92 Å². The number of nitrogens with zero attached hydrogens (tertiary/aromatic N) is 6. The summed E-state index contributed by atoms with van der Waals surface area (Å²) in [6, 6.07) is 4.56. The van der Waals surface area contributed by atoms with Crippen LogP contribution in [0.25, 0.3) is 0 Å². The zero-order valence-electron chi connectivity index (χ0n) is 27.9. The fourth-order valence-corrected chi connectivity index (χ4v) is 7.07. The summed E-state index contributed by atoms with van der Waals surface area (Å²) in [6.45, 7) is 4.79. The second kappa shape index (κ2) is 14.1. The second-order valence-electron chi connectivity index (χ2n) is 13.4. The Kier molecular flexibility index (Phi) is 10.0. The number of rotatable bonds is 11. The number of alkyl halides is 3. The maximum Gasteiger partial charge on any atom is 0.416 e. The van der Waals surface area contributed by atoms with Crippen molar-refractivity contribution in [2.75, 3.05) is 58.5 Å². The minimum absolute atomic E-state index is 0.0668. The summed E-state index contributed by atoms with van der Waals surface area (Å²) < 4.78 is 53.1. The summed E-state index contributed by atoms with van der Waals surface area (Å²) in [5, 5.41) is 17.8. The lowest BCUT2D eigenvalue weighted by molar-refractivity contribution is -0.137. The molecular weight excluding hydrogens is 643 g/mol. The van der Waals surface area contributed by atoms with E-state index >= 15 is 0 Å². The van der Waals surface area contributed by atoms with Gasteiger partial charge in [0.05, 0.1) is 36.9 Å².